The van der Waals surface area contributed by atoms with Crippen molar-refractivity contribution >= 4 is 34.4 Å². The lowest BCUT2D eigenvalue weighted by molar-refractivity contribution is -0.121. The third-order valence-corrected chi connectivity index (χ3v) is 6.80. The third kappa shape index (κ3) is 4.91. The fourth-order valence-electron chi connectivity index (χ4n) is 4.47. The molecule has 0 unspecified atom stereocenters. The monoisotopic (exact) mass is 480 g/mol. The lowest BCUT2D eigenvalue weighted by Gasteiger charge is -2.31. The van der Waals surface area contributed by atoms with Crippen molar-refractivity contribution < 1.29 is 4.79 Å². The molecule has 0 bridgehead atoms. The van der Waals surface area contributed by atoms with Gasteiger partial charge in [0.2, 0.25) is 0 Å². The molecule has 1 aliphatic carbocycles. The van der Waals surface area contributed by atoms with Crippen molar-refractivity contribution in [3.8, 4) is 11.3 Å². The summed E-state index contributed by atoms with van der Waals surface area (Å²) in [5.74, 6) is 0.322. The van der Waals surface area contributed by atoms with Crippen LogP contribution in [0.2, 0.25) is 5.02 Å². The molecule has 1 saturated heterocycles. The molecule has 0 spiro atoms. The van der Waals surface area contributed by atoms with Gasteiger partial charge in [-0.15, -0.1) is 0 Å². The maximum Gasteiger partial charge on any atom is 0.258 e. The van der Waals surface area contributed by atoms with Crippen molar-refractivity contribution in [2.45, 2.75) is 37.8 Å². The molecule has 0 radical (unpaired) electrons. The largest absolute Gasteiger partial charge is 0.383 e. The zero-order valence-corrected chi connectivity index (χ0v) is 19.9. The van der Waals surface area contributed by atoms with E-state index < -0.39 is 0 Å². The van der Waals surface area contributed by atoms with E-state index in [1.54, 1.807) is 6.08 Å². The van der Waals surface area contributed by atoms with E-state index >= 15 is 0 Å². The van der Waals surface area contributed by atoms with Crippen LogP contribution in [0, 0.1) is 0 Å². The van der Waals surface area contributed by atoms with Gasteiger partial charge < -0.3 is 5.73 Å². The molecule has 3 heterocycles. The quantitative estimate of drug-likeness (QED) is 0.500. The number of hydrazine groups is 1. The molecule has 9 nitrogen and oxygen atoms in total. The van der Waals surface area contributed by atoms with Crippen molar-refractivity contribution in [3.05, 3.63) is 47.8 Å². The molecule has 2 fully saturated rings. The number of carbonyl (C=O) groups is 1. The summed E-state index contributed by atoms with van der Waals surface area (Å²) < 4.78 is 1.96. The maximum absolute atomic E-state index is 12.3. The van der Waals surface area contributed by atoms with Crippen LogP contribution in [0.25, 0.3) is 22.3 Å². The highest BCUT2D eigenvalue weighted by molar-refractivity contribution is 6.30. The highest BCUT2D eigenvalue weighted by Gasteiger charge is 2.27. The van der Waals surface area contributed by atoms with Crippen LogP contribution in [-0.4, -0.2) is 68.3 Å². The summed E-state index contributed by atoms with van der Waals surface area (Å²) in [6.45, 7) is 2.25. The van der Waals surface area contributed by atoms with Crippen molar-refractivity contribution in [1.82, 2.24) is 35.1 Å². The number of rotatable bonds is 7. The summed E-state index contributed by atoms with van der Waals surface area (Å²) in [6.07, 6.45) is 9.21. The van der Waals surface area contributed by atoms with Crippen LogP contribution in [0.15, 0.2) is 42.7 Å². The van der Waals surface area contributed by atoms with Crippen molar-refractivity contribution in [2.24, 2.45) is 0 Å². The molecule has 2 aliphatic rings. The zero-order valence-electron chi connectivity index (χ0n) is 19.2. The van der Waals surface area contributed by atoms with Crippen LogP contribution < -0.4 is 11.2 Å². The number of nitrogens with two attached hydrogens (primary N) is 1. The van der Waals surface area contributed by atoms with Gasteiger partial charge in [0.1, 0.15) is 17.8 Å². The van der Waals surface area contributed by atoms with E-state index in [0.29, 0.717) is 16.9 Å². The van der Waals surface area contributed by atoms with Crippen molar-refractivity contribution in [2.75, 3.05) is 32.4 Å². The number of halogens is 1. The number of benzene rings is 1. The van der Waals surface area contributed by atoms with Crippen LogP contribution in [0.4, 0.5) is 5.82 Å². The minimum absolute atomic E-state index is 0.0854. The van der Waals surface area contributed by atoms with E-state index in [0.717, 1.165) is 54.8 Å². The van der Waals surface area contributed by atoms with Crippen molar-refractivity contribution in [3.63, 3.8) is 0 Å². The third-order valence-electron chi connectivity index (χ3n) is 6.55. The smallest absolute Gasteiger partial charge is 0.258 e. The molecular weight excluding hydrogens is 452 g/mol. The van der Waals surface area contributed by atoms with Crippen molar-refractivity contribution in [1.29, 1.82) is 0 Å². The fraction of sp³-hybridized carbons (Fsp3) is 0.417. The maximum atomic E-state index is 12.3. The molecule has 10 heteroatoms. The summed E-state index contributed by atoms with van der Waals surface area (Å²) in [6, 6.07) is 8.35. The van der Waals surface area contributed by atoms with E-state index in [1.807, 2.05) is 40.0 Å². The van der Waals surface area contributed by atoms with Crippen LogP contribution >= 0.6 is 11.6 Å². The Balaban J connectivity index is 1.26. The summed E-state index contributed by atoms with van der Waals surface area (Å²) in [5.41, 5.74) is 11.6. The summed E-state index contributed by atoms with van der Waals surface area (Å²) >= 11 is 6.07. The Morgan fingerprint density at radius 2 is 1.94 bits per heavy atom. The fourth-order valence-corrected chi connectivity index (χ4v) is 4.59. The van der Waals surface area contributed by atoms with Gasteiger partial charge in [-0.1, -0.05) is 29.8 Å². The number of fused-ring (bicyclic) bond motifs is 1. The van der Waals surface area contributed by atoms with Gasteiger partial charge in [-0.25, -0.2) is 19.7 Å². The number of nitrogens with one attached hydrogen (secondary N) is 1. The molecule has 1 aliphatic heterocycles. The van der Waals surface area contributed by atoms with Gasteiger partial charge in [0, 0.05) is 42.3 Å². The Morgan fingerprint density at radius 1 is 1.21 bits per heavy atom. The Bertz CT molecular complexity index is 1200. The Labute approximate surface area is 203 Å². The van der Waals surface area contributed by atoms with Gasteiger partial charge in [-0.05, 0) is 44.9 Å². The SMILES string of the molecule is CN(C/C=C/C(=O)NN1CCC(n2nc(-c3ccc(Cl)cc3)c3c(N)ncnc32)CC1)C1CC1. The molecule has 1 aromatic carbocycles. The topological polar surface area (TPSA) is 105 Å². The second-order valence-corrected chi connectivity index (χ2v) is 9.46. The Kier molecular flexibility index (Phi) is 6.49. The number of hydrogen-bond donors (Lipinski definition) is 2. The lowest BCUT2D eigenvalue weighted by Crippen LogP contribution is -2.46. The Morgan fingerprint density at radius 3 is 2.65 bits per heavy atom. The Hall–Kier alpha value is -3.01. The number of nitrogens with zero attached hydrogens (tertiary/aromatic N) is 6. The van der Waals surface area contributed by atoms with E-state index in [4.69, 9.17) is 22.4 Å². The number of amides is 1. The molecule has 5 rings (SSSR count). The van der Waals surface area contributed by atoms with E-state index in [2.05, 4.69) is 27.3 Å². The minimum atomic E-state index is -0.0854. The number of nitrogen functional groups attached to an aromatic ring is 1. The first-order valence-corrected chi connectivity index (χ1v) is 12.0. The van der Waals surface area contributed by atoms with E-state index in [-0.39, 0.29) is 11.9 Å². The molecule has 1 amide bonds. The molecule has 178 valence electrons. The average molecular weight is 481 g/mol. The van der Waals surface area contributed by atoms with E-state index in [9.17, 15) is 4.79 Å². The van der Waals surface area contributed by atoms with Crippen LogP contribution in [0.5, 0.6) is 0 Å². The molecule has 3 aromatic rings. The zero-order chi connectivity index (χ0) is 23.7. The number of aromatic nitrogens is 4. The van der Waals surface area contributed by atoms with Gasteiger partial charge >= 0.3 is 0 Å². The number of anilines is 1. The standard InChI is InChI=1S/C24H29ClN8O/c1-31(18-8-9-18)12-2-3-20(34)29-32-13-10-19(11-14-32)33-24-21(23(26)27-15-28-24)22(30-33)16-4-6-17(25)7-5-16/h2-7,15,18-19H,8-14H2,1H3,(H,29,34)(H2,26,27,28)/b3-2+. The number of likely N-dealkylation sites (N-methyl/N-ethyl adjacent to an activating group) is 1. The van der Waals surface area contributed by atoms with Crippen LogP contribution in [-0.2, 0) is 4.79 Å². The van der Waals surface area contributed by atoms with Gasteiger partial charge in [0.25, 0.3) is 5.91 Å². The van der Waals surface area contributed by atoms with E-state index in [1.165, 1.54) is 19.2 Å². The summed E-state index contributed by atoms with van der Waals surface area (Å²) in [4.78, 5) is 23.3. The molecule has 34 heavy (non-hydrogen) atoms. The second kappa shape index (κ2) is 9.69. The van der Waals surface area contributed by atoms with Crippen LogP contribution in [0.1, 0.15) is 31.7 Å². The van der Waals surface area contributed by atoms with Gasteiger partial charge in [-0.2, -0.15) is 5.10 Å². The minimum Gasteiger partial charge on any atom is -0.383 e. The highest BCUT2D eigenvalue weighted by atomic mass is 35.5. The van der Waals surface area contributed by atoms with Gasteiger partial charge in [0.05, 0.1) is 11.4 Å². The highest BCUT2D eigenvalue weighted by Crippen LogP contribution is 2.34. The molecule has 2 aromatic heterocycles. The molecular formula is C24H29ClN8O. The average Bonchev–Trinajstić information content (AvgIpc) is 3.61. The first-order valence-electron chi connectivity index (χ1n) is 11.7. The number of carbonyl (C=O) groups excluding carboxylic acids is 1. The first-order chi connectivity index (χ1) is 16.5. The summed E-state index contributed by atoms with van der Waals surface area (Å²) in [5, 5.41) is 8.30. The predicted molar refractivity (Wildman–Crippen MR) is 133 cm³/mol. The van der Waals surface area contributed by atoms with Gasteiger partial charge in [0.15, 0.2) is 5.65 Å². The molecule has 3 N–H and O–H groups in total. The number of hydrogen-bond acceptors (Lipinski definition) is 7. The van der Waals surface area contributed by atoms with Gasteiger partial charge in [-0.3, -0.25) is 15.1 Å². The second-order valence-electron chi connectivity index (χ2n) is 9.02. The molecule has 1 saturated carbocycles. The number of piperidine rings is 1. The predicted octanol–water partition coefficient (Wildman–Crippen LogP) is 3.05. The first kappa shape index (κ1) is 22.8. The lowest BCUT2D eigenvalue weighted by atomic mass is 10.1. The summed E-state index contributed by atoms with van der Waals surface area (Å²) in [7, 11) is 2.10. The molecule has 0 atom stereocenters. The van der Waals surface area contributed by atoms with Crippen LogP contribution in [0.3, 0.4) is 0 Å². The normalized spacial score (nSPS) is 17.7.